The minimum Gasteiger partial charge on any atom is -0.352 e. The summed E-state index contributed by atoms with van der Waals surface area (Å²) in [5, 5.41) is 11.2. The largest absolute Gasteiger partial charge is 0.352 e. The van der Waals surface area contributed by atoms with Crippen LogP contribution in [0.1, 0.15) is 36.7 Å². The van der Waals surface area contributed by atoms with Gasteiger partial charge in [0.1, 0.15) is 0 Å². The van der Waals surface area contributed by atoms with Gasteiger partial charge in [0.15, 0.2) is 11.8 Å². The number of guanidine groups is 1. The van der Waals surface area contributed by atoms with Crippen LogP contribution in [-0.2, 0) is 11.3 Å². The van der Waals surface area contributed by atoms with E-state index in [0.29, 0.717) is 13.0 Å². The van der Waals surface area contributed by atoms with Crippen LogP contribution in [0, 0.1) is 13.8 Å². The number of aryl methyl sites for hydroxylation is 2. The molecule has 0 bridgehead atoms. The summed E-state index contributed by atoms with van der Waals surface area (Å²) in [5.74, 6) is 1.75. The first kappa shape index (κ1) is 19.9. The molecule has 150 valence electrons. The molecule has 1 amide bonds. The fourth-order valence-electron chi connectivity index (χ4n) is 3.41. The van der Waals surface area contributed by atoms with Crippen LogP contribution in [0.3, 0.4) is 0 Å². The Labute approximate surface area is 166 Å². The van der Waals surface area contributed by atoms with Gasteiger partial charge in [0.05, 0.1) is 5.69 Å². The molecule has 1 aliphatic heterocycles. The summed E-state index contributed by atoms with van der Waals surface area (Å²) in [6.45, 7) is 8.05. The molecule has 0 aliphatic carbocycles. The summed E-state index contributed by atoms with van der Waals surface area (Å²) < 4.78 is 1.84. The summed E-state index contributed by atoms with van der Waals surface area (Å²) >= 11 is 0. The zero-order chi connectivity index (χ0) is 20.1. The van der Waals surface area contributed by atoms with Crippen LogP contribution in [0.15, 0.2) is 29.4 Å². The van der Waals surface area contributed by atoms with Gasteiger partial charge in [0, 0.05) is 51.0 Å². The Morgan fingerprint density at radius 3 is 2.79 bits per heavy atom. The molecule has 3 heterocycles. The van der Waals surface area contributed by atoms with Crippen molar-refractivity contribution in [1.82, 2.24) is 30.3 Å². The highest BCUT2D eigenvalue weighted by Crippen LogP contribution is 2.11. The third-order valence-electron chi connectivity index (χ3n) is 4.90. The Bertz CT molecular complexity index is 841. The minimum atomic E-state index is 0.209. The third-order valence-corrected chi connectivity index (χ3v) is 4.90. The molecule has 1 unspecified atom stereocenters. The van der Waals surface area contributed by atoms with Gasteiger partial charge < -0.3 is 15.5 Å². The Kier molecular flexibility index (Phi) is 6.28. The maximum Gasteiger partial charge on any atom is 0.222 e. The summed E-state index contributed by atoms with van der Waals surface area (Å²) in [4.78, 5) is 22.5. The number of carbonyl (C=O) groups excluding carboxylic acids is 1. The van der Waals surface area contributed by atoms with Crippen molar-refractivity contribution >= 4 is 11.9 Å². The van der Waals surface area contributed by atoms with Crippen molar-refractivity contribution < 1.29 is 4.79 Å². The van der Waals surface area contributed by atoms with Crippen LogP contribution in [0.4, 0.5) is 0 Å². The van der Waals surface area contributed by atoms with E-state index in [1.807, 2.05) is 54.7 Å². The monoisotopic (exact) mass is 383 g/mol. The van der Waals surface area contributed by atoms with Crippen LogP contribution < -0.4 is 10.6 Å². The van der Waals surface area contributed by atoms with E-state index >= 15 is 0 Å². The van der Waals surface area contributed by atoms with Gasteiger partial charge >= 0.3 is 0 Å². The van der Waals surface area contributed by atoms with Crippen molar-refractivity contribution in [3.8, 4) is 5.82 Å². The van der Waals surface area contributed by atoms with Crippen LogP contribution in [0.2, 0.25) is 0 Å². The summed E-state index contributed by atoms with van der Waals surface area (Å²) in [7, 11) is 1.75. The number of aliphatic imine (C=N–C) groups is 1. The molecular weight excluding hydrogens is 354 g/mol. The van der Waals surface area contributed by atoms with Gasteiger partial charge in [0.25, 0.3) is 0 Å². The van der Waals surface area contributed by atoms with E-state index in [1.54, 1.807) is 7.05 Å². The fourth-order valence-corrected chi connectivity index (χ4v) is 3.41. The number of rotatable bonds is 5. The second-order valence-corrected chi connectivity index (χ2v) is 7.11. The number of likely N-dealkylation sites (tertiary alicyclic amines) is 1. The molecule has 1 fully saturated rings. The molecule has 0 radical (unpaired) electrons. The lowest BCUT2D eigenvalue weighted by atomic mass is 10.2. The number of nitrogens with zero attached hydrogens (tertiary/aromatic N) is 5. The van der Waals surface area contributed by atoms with E-state index < -0.39 is 0 Å². The van der Waals surface area contributed by atoms with Gasteiger partial charge in [-0.2, -0.15) is 5.10 Å². The quantitative estimate of drug-likeness (QED) is 0.604. The number of hydrogen-bond acceptors (Lipinski definition) is 4. The van der Waals surface area contributed by atoms with Gasteiger partial charge in [0.2, 0.25) is 5.91 Å². The second-order valence-electron chi connectivity index (χ2n) is 7.11. The predicted molar refractivity (Wildman–Crippen MR) is 109 cm³/mol. The van der Waals surface area contributed by atoms with Gasteiger partial charge in [-0.3, -0.25) is 9.79 Å². The van der Waals surface area contributed by atoms with Crippen molar-refractivity contribution in [2.75, 3.05) is 20.1 Å². The van der Waals surface area contributed by atoms with E-state index in [9.17, 15) is 4.79 Å². The molecule has 1 aliphatic rings. The first-order chi connectivity index (χ1) is 13.5. The van der Waals surface area contributed by atoms with Gasteiger partial charge in [-0.1, -0.05) is 13.0 Å². The zero-order valence-corrected chi connectivity index (χ0v) is 17.1. The molecular formula is C20H29N7O. The normalized spacial score (nSPS) is 17.1. The second kappa shape index (κ2) is 8.86. The summed E-state index contributed by atoms with van der Waals surface area (Å²) in [6.07, 6.45) is 3.34. The molecule has 0 saturated carbocycles. The number of carbonyl (C=O) groups is 1. The molecule has 8 heteroatoms. The maximum absolute atomic E-state index is 11.8. The molecule has 0 aromatic carbocycles. The first-order valence-corrected chi connectivity index (χ1v) is 9.73. The number of nitrogens with one attached hydrogen (secondary N) is 2. The van der Waals surface area contributed by atoms with Crippen LogP contribution in [-0.4, -0.2) is 57.7 Å². The van der Waals surface area contributed by atoms with Crippen LogP contribution >= 0.6 is 0 Å². The molecule has 2 aromatic rings. The fraction of sp³-hybridized carbons (Fsp3) is 0.500. The number of hydrogen-bond donors (Lipinski definition) is 2. The predicted octanol–water partition coefficient (Wildman–Crippen LogP) is 1.56. The topological polar surface area (TPSA) is 87.4 Å². The molecule has 2 aromatic heterocycles. The van der Waals surface area contributed by atoms with Crippen molar-refractivity contribution in [3.05, 3.63) is 41.3 Å². The highest BCUT2D eigenvalue weighted by Gasteiger charge is 2.25. The van der Waals surface area contributed by atoms with E-state index in [0.717, 1.165) is 48.2 Å². The lowest BCUT2D eigenvalue weighted by Crippen LogP contribution is -2.44. The smallest absolute Gasteiger partial charge is 0.222 e. The van der Waals surface area contributed by atoms with Gasteiger partial charge in [-0.25, -0.2) is 9.67 Å². The molecule has 28 heavy (non-hydrogen) atoms. The SMILES string of the molecule is CCC(=O)N1CCC(NC(=NC)NCc2ccc(-n3nc(C)cc3C)nc2)C1. The Morgan fingerprint density at radius 2 is 2.18 bits per heavy atom. The standard InChI is InChI=1S/C20H29N7O/c1-5-19(28)26-9-8-17(13-26)24-20(21-4)23-12-16-6-7-18(22-11-16)27-15(3)10-14(2)25-27/h6-7,10-11,17H,5,8-9,12-13H2,1-4H3,(H2,21,23,24). The molecule has 3 rings (SSSR count). The number of amides is 1. The van der Waals surface area contributed by atoms with Crippen LogP contribution in [0.25, 0.3) is 5.82 Å². The molecule has 2 N–H and O–H groups in total. The van der Waals surface area contributed by atoms with E-state index in [2.05, 4.69) is 25.7 Å². The molecule has 1 atom stereocenters. The van der Waals surface area contributed by atoms with E-state index in [1.165, 1.54) is 0 Å². The van der Waals surface area contributed by atoms with Crippen molar-refractivity contribution in [2.45, 2.75) is 46.2 Å². The van der Waals surface area contributed by atoms with Crippen molar-refractivity contribution in [3.63, 3.8) is 0 Å². The molecule has 1 saturated heterocycles. The summed E-state index contributed by atoms with van der Waals surface area (Å²) in [5.41, 5.74) is 3.10. The van der Waals surface area contributed by atoms with Crippen LogP contribution in [0.5, 0.6) is 0 Å². The number of pyridine rings is 1. The highest BCUT2D eigenvalue weighted by molar-refractivity contribution is 5.80. The van der Waals surface area contributed by atoms with Gasteiger partial charge in [-0.15, -0.1) is 0 Å². The highest BCUT2D eigenvalue weighted by atomic mass is 16.2. The first-order valence-electron chi connectivity index (χ1n) is 9.73. The minimum absolute atomic E-state index is 0.209. The lowest BCUT2D eigenvalue weighted by molar-refractivity contribution is -0.129. The Balaban J connectivity index is 1.53. The Hall–Kier alpha value is -2.90. The summed E-state index contributed by atoms with van der Waals surface area (Å²) in [6, 6.07) is 6.27. The Morgan fingerprint density at radius 1 is 1.36 bits per heavy atom. The maximum atomic E-state index is 11.8. The average Bonchev–Trinajstić information content (AvgIpc) is 3.30. The van der Waals surface area contributed by atoms with Crippen molar-refractivity contribution in [1.29, 1.82) is 0 Å². The zero-order valence-electron chi connectivity index (χ0n) is 17.1. The molecule has 8 nitrogen and oxygen atoms in total. The number of aromatic nitrogens is 3. The molecule has 0 spiro atoms. The van der Waals surface area contributed by atoms with E-state index in [-0.39, 0.29) is 11.9 Å². The van der Waals surface area contributed by atoms with Gasteiger partial charge in [-0.05, 0) is 38.0 Å². The average molecular weight is 384 g/mol. The van der Waals surface area contributed by atoms with Crippen molar-refractivity contribution in [2.24, 2.45) is 4.99 Å². The lowest BCUT2D eigenvalue weighted by Gasteiger charge is -2.18. The third kappa shape index (κ3) is 4.68. The van der Waals surface area contributed by atoms with E-state index in [4.69, 9.17) is 0 Å².